The van der Waals surface area contributed by atoms with Crippen molar-refractivity contribution in [1.29, 1.82) is 0 Å². The van der Waals surface area contributed by atoms with Gasteiger partial charge in [-0.05, 0) is 96.7 Å². The maximum atomic E-state index is 12.2. The summed E-state index contributed by atoms with van der Waals surface area (Å²) in [6.45, 7) is 8.76. The molecule has 3 fully saturated rings. The Labute approximate surface area is 187 Å². The first-order valence-electron chi connectivity index (χ1n) is 12.5. The number of rotatable bonds is 4. The molecule has 0 bridgehead atoms. The lowest BCUT2D eigenvalue weighted by Gasteiger charge is -2.58. The predicted molar refractivity (Wildman–Crippen MR) is 124 cm³/mol. The molecule has 1 aromatic rings. The first-order chi connectivity index (χ1) is 15.0. The lowest BCUT2D eigenvalue weighted by atomic mass is 9.46. The Kier molecular flexibility index (Phi) is 5.38. The van der Waals surface area contributed by atoms with Crippen molar-refractivity contribution in [3.63, 3.8) is 0 Å². The normalized spacial score (nSPS) is 39.5. The molecule has 1 aliphatic heterocycles. The molecule has 4 nitrogen and oxygen atoms in total. The van der Waals surface area contributed by atoms with Crippen LogP contribution in [0.5, 0.6) is 5.75 Å². The van der Waals surface area contributed by atoms with Gasteiger partial charge in [0.1, 0.15) is 5.75 Å². The molecule has 1 aromatic heterocycles. The predicted octanol–water partition coefficient (Wildman–Crippen LogP) is 5.63. The molecule has 1 N–H and O–H groups in total. The number of ether oxygens (including phenoxy) is 1. The van der Waals surface area contributed by atoms with E-state index in [1.807, 2.05) is 12.4 Å². The second-order valence-electron chi connectivity index (χ2n) is 11.0. The van der Waals surface area contributed by atoms with Crippen LogP contribution in [-0.2, 0) is 4.79 Å². The zero-order valence-electron chi connectivity index (χ0n) is 19.5. The van der Waals surface area contributed by atoms with Crippen molar-refractivity contribution >= 4 is 11.5 Å². The van der Waals surface area contributed by atoms with Crippen LogP contribution in [0.3, 0.4) is 0 Å². The highest BCUT2D eigenvalue weighted by Crippen LogP contribution is 2.66. The van der Waals surface area contributed by atoms with Crippen molar-refractivity contribution in [3.8, 4) is 5.75 Å². The van der Waals surface area contributed by atoms with E-state index < -0.39 is 0 Å². The molecule has 31 heavy (non-hydrogen) atoms. The number of amides is 1. The number of aromatic nitrogens is 1. The summed E-state index contributed by atoms with van der Waals surface area (Å²) in [6, 6.07) is 2.20. The Bertz CT molecular complexity index is 880. The number of carbonyl (C=O) groups is 1. The highest BCUT2D eigenvalue weighted by molar-refractivity contribution is 5.76. The van der Waals surface area contributed by atoms with Crippen LogP contribution in [0.1, 0.15) is 77.7 Å². The fourth-order valence-electron chi connectivity index (χ4n) is 7.91. The number of carbonyl (C=O) groups excluding carboxylic acids is 1. The van der Waals surface area contributed by atoms with E-state index in [1.54, 1.807) is 0 Å². The standard InChI is InChI=1S/C27H38N2O2/c1-4-13-31-20-14-18(16-28-17-20)22-7-8-23-21-6-5-19-15-25(30)29-12-11-26(19,2)24(21)9-10-27(22,23)3/h7,14,16-17,19,21,23-24H,4-6,8-13,15H2,1-3H3,(H,29,30). The third-order valence-corrected chi connectivity index (χ3v) is 9.56. The summed E-state index contributed by atoms with van der Waals surface area (Å²) in [5.74, 6) is 3.97. The number of nitrogens with zero attached hydrogens (tertiary/aromatic N) is 1. The maximum absolute atomic E-state index is 12.2. The summed E-state index contributed by atoms with van der Waals surface area (Å²) in [5, 5.41) is 3.16. The van der Waals surface area contributed by atoms with Crippen molar-refractivity contribution in [2.24, 2.45) is 34.5 Å². The number of pyridine rings is 1. The average Bonchev–Trinajstić information content (AvgIpc) is 3.03. The van der Waals surface area contributed by atoms with Crippen LogP contribution in [-0.4, -0.2) is 24.0 Å². The van der Waals surface area contributed by atoms with E-state index in [0.717, 1.165) is 50.0 Å². The molecule has 168 valence electrons. The third-order valence-electron chi connectivity index (χ3n) is 9.56. The average molecular weight is 423 g/mol. The van der Waals surface area contributed by atoms with Crippen LogP contribution in [0, 0.1) is 34.5 Å². The fourth-order valence-corrected chi connectivity index (χ4v) is 7.91. The number of allylic oxidation sites excluding steroid dienone is 2. The van der Waals surface area contributed by atoms with E-state index in [0.29, 0.717) is 17.3 Å². The van der Waals surface area contributed by atoms with Crippen molar-refractivity contribution < 1.29 is 9.53 Å². The van der Waals surface area contributed by atoms with Crippen LogP contribution in [0.15, 0.2) is 24.5 Å². The van der Waals surface area contributed by atoms with E-state index in [1.165, 1.54) is 43.2 Å². The van der Waals surface area contributed by atoms with Gasteiger partial charge in [-0.1, -0.05) is 26.8 Å². The van der Waals surface area contributed by atoms with E-state index >= 15 is 0 Å². The van der Waals surface area contributed by atoms with E-state index in [4.69, 9.17) is 4.74 Å². The van der Waals surface area contributed by atoms with Gasteiger partial charge in [-0.2, -0.15) is 0 Å². The Balaban J connectivity index is 1.40. The fraction of sp³-hybridized carbons (Fsp3) is 0.704. The van der Waals surface area contributed by atoms with Crippen LogP contribution >= 0.6 is 0 Å². The molecule has 2 saturated carbocycles. The lowest BCUT2D eigenvalue weighted by Crippen LogP contribution is -2.51. The van der Waals surface area contributed by atoms with Crippen molar-refractivity contribution in [3.05, 3.63) is 30.1 Å². The summed E-state index contributed by atoms with van der Waals surface area (Å²) in [5.41, 5.74) is 3.28. The molecule has 3 aliphatic carbocycles. The molecule has 0 spiro atoms. The van der Waals surface area contributed by atoms with E-state index in [2.05, 4.69) is 43.2 Å². The first-order valence-corrected chi connectivity index (χ1v) is 12.5. The van der Waals surface area contributed by atoms with Gasteiger partial charge in [0.25, 0.3) is 0 Å². The van der Waals surface area contributed by atoms with Crippen LogP contribution in [0.4, 0.5) is 0 Å². The quantitative estimate of drug-likeness (QED) is 0.684. The topological polar surface area (TPSA) is 51.2 Å². The van der Waals surface area contributed by atoms with Crippen molar-refractivity contribution in [2.75, 3.05) is 13.2 Å². The molecule has 6 atom stereocenters. The monoisotopic (exact) mass is 422 g/mol. The minimum Gasteiger partial charge on any atom is -0.492 e. The molecule has 2 heterocycles. The minimum atomic E-state index is 0.230. The van der Waals surface area contributed by atoms with Gasteiger partial charge in [-0.25, -0.2) is 0 Å². The number of hydrogen-bond donors (Lipinski definition) is 1. The molecule has 1 amide bonds. The largest absolute Gasteiger partial charge is 0.492 e. The third kappa shape index (κ3) is 3.41. The molecule has 5 rings (SSSR count). The molecule has 4 heteroatoms. The van der Waals surface area contributed by atoms with Crippen LogP contribution < -0.4 is 10.1 Å². The molecule has 4 aliphatic rings. The van der Waals surface area contributed by atoms with Gasteiger partial charge in [-0.3, -0.25) is 9.78 Å². The van der Waals surface area contributed by atoms with Gasteiger partial charge in [0.15, 0.2) is 0 Å². The van der Waals surface area contributed by atoms with Gasteiger partial charge in [0.05, 0.1) is 12.8 Å². The van der Waals surface area contributed by atoms with Crippen molar-refractivity contribution in [2.45, 2.75) is 72.1 Å². The summed E-state index contributed by atoms with van der Waals surface area (Å²) in [6.07, 6.45) is 15.5. The summed E-state index contributed by atoms with van der Waals surface area (Å²) < 4.78 is 5.88. The Morgan fingerprint density at radius 1 is 1.16 bits per heavy atom. The highest BCUT2D eigenvalue weighted by atomic mass is 16.5. The molecule has 0 radical (unpaired) electrons. The molecule has 1 saturated heterocycles. The van der Waals surface area contributed by atoms with Gasteiger partial charge in [0.2, 0.25) is 5.91 Å². The zero-order chi connectivity index (χ0) is 21.6. The second kappa shape index (κ2) is 7.94. The summed E-state index contributed by atoms with van der Waals surface area (Å²) in [4.78, 5) is 16.7. The zero-order valence-corrected chi connectivity index (χ0v) is 19.5. The van der Waals surface area contributed by atoms with Crippen LogP contribution in [0.2, 0.25) is 0 Å². The van der Waals surface area contributed by atoms with E-state index in [9.17, 15) is 4.79 Å². The molecular weight excluding hydrogens is 384 g/mol. The summed E-state index contributed by atoms with van der Waals surface area (Å²) >= 11 is 0. The highest BCUT2D eigenvalue weighted by Gasteiger charge is 2.58. The Morgan fingerprint density at radius 2 is 2.03 bits per heavy atom. The van der Waals surface area contributed by atoms with Crippen molar-refractivity contribution in [1.82, 2.24) is 10.3 Å². The molecule has 6 unspecified atom stereocenters. The Morgan fingerprint density at radius 3 is 2.87 bits per heavy atom. The molecular formula is C27H38N2O2. The minimum absolute atomic E-state index is 0.230. The van der Waals surface area contributed by atoms with Gasteiger partial charge in [-0.15, -0.1) is 0 Å². The first kappa shape index (κ1) is 21.0. The molecule has 0 aromatic carbocycles. The number of nitrogens with one attached hydrogen (secondary N) is 1. The van der Waals surface area contributed by atoms with Gasteiger partial charge >= 0.3 is 0 Å². The van der Waals surface area contributed by atoms with Crippen LogP contribution in [0.25, 0.3) is 5.57 Å². The second-order valence-corrected chi connectivity index (χ2v) is 11.0. The van der Waals surface area contributed by atoms with E-state index in [-0.39, 0.29) is 11.3 Å². The smallest absolute Gasteiger partial charge is 0.220 e. The Hall–Kier alpha value is -1.84. The SMILES string of the molecule is CCCOc1cncc(C2=CCC3C4CCC5CC(=O)NCCC5(C)C4CCC23C)c1. The number of fused-ring (bicyclic) bond motifs is 5. The number of hydrogen-bond acceptors (Lipinski definition) is 3. The maximum Gasteiger partial charge on any atom is 0.220 e. The van der Waals surface area contributed by atoms with Gasteiger partial charge in [0, 0.05) is 19.2 Å². The lowest BCUT2D eigenvalue weighted by molar-refractivity contribution is -0.124. The summed E-state index contributed by atoms with van der Waals surface area (Å²) in [7, 11) is 0. The van der Waals surface area contributed by atoms with Gasteiger partial charge < -0.3 is 10.1 Å².